The van der Waals surface area contributed by atoms with E-state index in [-0.39, 0.29) is 21.2 Å². The molecule has 0 aliphatic heterocycles. The van der Waals surface area contributed by atoms with Crippen molar-refractivity contribution in [2.45, 2.75) is 0 Å². The molecule has 0 saturated heterocycles. The Morgan fingerprint density at radius 2 is 0.535 bits per heavy atom. The summed E-state index contributed by atoms with van der Waals surface area (Å²) in [6.45, 7) is 0. The maximum absolute atomic E-state index is 10.2. The van der Waals surface area contributed by atoms with Crippen LogP contribution in [0.2, 0.25) is 0 Å². The molecular weight excluding hydrogens is 865 g/mol. The Labute approximate surface area is 251 Å². The monoisotopic (exact) mass is 880 g/mol. The lowest BCUT2D eigenvalue weighted by molar-refractivity contribution is -0.597. The molecule has 2 rings (SSSR count). The van der Waals surface area contributed by atoms with E-state index in [1.54, 1.807) is 0 Å². The second kappa shape index (κ2) is 23.6. The van der Waals surface area contributed by atoms with E-state index in [2.05, 4.69) is 60.7 Å². The Kier molecular flexibility index (Phi) is 27.9. The molecule has 2 aromatic rings. The molecule has 0 saturated carbocycles. The van der Waals surface area contributed by atoms with E-state index in [1.165, 1.54) is 7.14 Å². The van der Waals surface area contributed by atoms with Gasteiger partial charge in [0.05, 0.1) is 0 Å². The number of hydrogen-bond acceptors (Lipinski definition) is 13. The molecule has 0 spiro atoms. The van der Waals surface area contributed by atoms with Gasteiger partial charge in [0.25, 0.3) is 10.5 Å². The van der Waals surface area contributed by atoms with Gasteiger partial charge in [-0.05, 0) is 24.3 Å². The molecule has 0 aliphatic rings. The minimum atomic E-state index is -5.42. The Morgan fingerprint density at radius 1 is 0.419 bits per heavy atom. The Hall–Kier alpha value is -1.79. The Balaban J connectivity index is -0.000000139. The van der Waals surface area contributed by atoms with E-state index < -0.39 is 63.0 Å². The van der Waals surface area contributed by atoms with E-state index in [9.17, 15) is 23.3 Å². The highest BCUT2D eigenvalue weighted by Gasteiger charge is 2.12. The lowest BCUT2D eigenvalue weighted by Gasteiger charge is -1.84. The molecule has 31 heteroatoms. The van der Waals surface area contributed by atoms with E-state index in [1.807, 2.05) is 0 Å². The summed E-state index contributed by atoms with van der Waals surface area (Å²) in [6.07, 6.45) is 0. The third-order valence-electron chi connectivity index (χ3n) is 1.68. The normalized spacial score (nSPS) is 11.1. The predicted molar refractivity (Wildman–Crippen MR) is 124 cm³/mol. The lowest BCUT2D eigenvalue weighted by Crippen LogP contribution is -3.61. The summed E-state index contributed by atoms with van der Waals surface area (Å²) in [4.78, 5) is 0. The van der Waals surface area contributed by atoms with Crippen LogP contribution in [0.5, 0.6) is 0 Å². The smallest absolute Gasteiger partial charge is 0.435 e. The predicted octanol–water partition coefficient (Wildman–Crippen LogP) is -1.98. The summed E-state index contributed by atoms with van der Waals surface area (Å²) < 4.78 is 209. The van der Waals surface area contributed by atoms with Crippen LogP contribution in [0.4, 0.5) is 23.3 Å². The van der Waals surface area contributed by atoms with Gasteiger partial charge >= 0.3 is 73.7 Å². The third-order valence-corrected chi connectivity index (χ3v) is 4.37. The fourth-order valence-corrected chi connectivity index (χ4v) is 3.35. The molecule has 0 fully saturated rings. The Bertz CT molecular complexity index is 1350. The largest absolute Gasteiger partial charge is 0.722 e. The van der Waals surface area contributed by atoms with Crippen molar-refractivity contribution in [2.75, 3.05) is 0 Å². The molecule has 0 heterocycles. The highest BCUT2D eigenvalue weighted by molar-refractivity contribution is 7.81. The van der Waals surface area contributed by atoms with Gasteiger partial charge in [-0.15, -0.1) is 3.89 Å². The van der Waals surface area contributed by atoms with Crippen molar-refractivity contribution in [1.29, 1.82) is 0 Å². The molecule has 256 valence electrons. The molecule has 0 bridgehead atoms. The van der Waals surface area contributed by atoms with Gasteiger partial charge in [-0.1, -0.05) is 55.8 Å². The van der Waals surface area contributed by atoms with Crippen molar-refractivity contribution in [3.8, 4) is 0 Å². The zero-order valence-corrected chi connectivity index (χ0v) is 26.5. The summed E-state index contributed by atoms with van der Waals surface area (Å²) >= 11 is 0.0287. The molecular formula is C12H15F6IO18S6. The number of halogens is 7. The molecule has 43 heavy (non-hydrogen) atoms. The molecule has 0 aliphatic carbocycles. The molecule has 18 nitrogen and oxygen atoms in total. The van der Waals surface area contributed by atoms with Crippen LogP contribution >= 0.6 is 0 Å². The van der Waals surface area contributed by atoms with Crippen LogP contribution in [-0.4, -0.2) is 77.8 Å². The standard InChI is InChI=1S/C12H10I.6FHO3S/c1-3-7-11(8-4-1)13-12-9-5-2-6-10-12;6*1-5(2,3)4/h1-10H;6*(H,2,3,4)/q+1;;;;;;/p-1. The van der Waals surface area contributed by atoms with Crippen LogP contribution < -0.4 is 21.2 Å². The Morgan fingerprint density at radius 3 is 0.651 bits per heavy atom. The minimum Gasteiger partial charge on any atom is -0.722 e. The average Bonchev–Trinajstić information content (AvgIpc) is 2.61. The fourth-order valence-electron chi connectivity index (χ4n) is 1.08. The first-order valence-electron chi connectivity index (χ1n) is 8.20. The topological polar surface area (TPSA) is 329 Å². The molecule has 0 amide bonds. The van der Waals surface area contributed by atoms with Gasteiger partial charge in [0.15, 0.2) is 7.14 Å². The number of hydrogen-bond donors (Lipinski definition) is 5. The fraction of sp³-hybridized carbons (Fsp3) is 0. The van der Waals surface area contributed by atoms with E-state index in [0.29, 0.717) is 0 Å². The minimum absolute atomic E-state index is 0.0287. The maximum Gasteiger partial charge on any atom is 0.435 e. The van der Waals surface area contributed by atoms with Gasteiger partial charge in [0.1, 0.15) is 0 Å². The second-order valence-corrected chi connectivity index (χ2v) is 13.1. The zero-order chi connectivity index (χ0) is 35.9. The first-order valence-corrected chi connectivity index (χ1v) is 18.4. The molecule has 0 atom stereocenters. The van der Waals surface area contributed by atoms with Crippen LogP contribution in [0.1, 0.15) is 0 Å². The number of rotatable bonds is 2. The average molecular weight is 881 g/mol. The number of benzene rings is 2. The molecule has 0 radical (unpaired) electrons. The summed E-state index contributed by atoms with van der Waals surface area (Å²) in [5.74, 6) is 0. The van der Waals surface area contributed by atoms with Gasteiger partial charge in [-0.3, -0.25) is 22.8 Å². The van der Waals surface area contributed by atoms with E-state index in [0.717, 1.165) is 0 Å². The molecule has 0 aromatic heterocycles. The van der Waals surface area contributed by atoms with Crippen LogP contribution in [0.15, 0.2) is 60.7 Å². The van der Waals surface area contributed by atoms with Crippen molar-refractivity contribution < 1.29 is 122 Å². The van der Waals surface area contributed by atoms with Gasteiger partial charge < -0.3 is 4.55 Å². The molecule has 2 aromatic carbocycles. The van der Waals surface area contributed by atoms with E-state index >= 15 is 0 Å². The quantitative estimate of drug-likeness (QED) is 0.0945. The SMILES string of the molecule is O=S(=O)(O)F.O=S(=O)(O)F.O=S(=O)(O)F.O=S(=O)(O)F.O=S(=O)(O)F.O=S(=O)([O-])F.c1ccc([I+]c2ccccc2)cc1. The highest BCUT2D eigenvalue weighted by Crippen LogP contribution is 1.85. The summed E-state index contributed by atoms with van der Waals surface area (Å²) in [7, 11) is -31.2. The maximum atomic E-state index is 10.2. The second-order valence-electron chi connectivity index (χ2n) is 5.14. The van der Waals surface area contributed by atoms with Crippen molar-refractivity contribution in [1.82, 2.24) is 0 Å². The van der Waals surface area contributed by atoms with Crippen LogP contribution in [0, 0.1) is 7.14 Å². The van der Waals surface area contributed by atoms with Gasteiger partial charge in [0.2, 0.25) is 0 Å². The van der Waals surface area contributed by atoms with Crippen molar-refractivity contribution in [3.63, 3.8) is 0 Å². The summed E-state index contributed by atoms with van der Waals surface area (Å²) in [5.41, 5.74) is 0. The van der Waals surface area contributed by atoms with Crippen LogP contribution in [0.3, 0.4) is 0 Å². The van der Waals surface area contributed by atoms with Gasteiger partial charge in [-0.25, -0.2) is 8.42 Å². The first kappa shape index (κ1) is 50.8. The third kappa shape index (κ3) is 177. The van der Waals surface area contributed by atoms with Crippen molar-refractivity contribution in [2.24, 2.45) is 0 Å². The molecule has 0 unspecified atom stereocenters. The van der Waals surface area contributed by atoms with Gasteiger partial charge in [0, 0.05) is 0 Å². The van der Waals surface area contributed by atoms with Crippen molar-refractivity contribution >= 4 is 63.0 Å². The van der Waals surface area contributed by atoms with Gasteiger partial charge in [-0.2, -0.15) is 42.1 Å². The lowest BCUT2D eigenvalue weighted by atomic mass is 10.4. The molecule has 5 N–H and O–H groups in total. The van der Waals surface area contributed by atoms with E-state index in [4.69, 9.17) is 77.8 Å². The highest BCUT2D eigenvalue weighted by atomic mass is 127. The van der Waals surface area contributed by atoms with Crippen LogP contribution in [-0.2, 0) is 63.0 Å². The summed E-state index contributed by atoms with van der Waals surface area (Å²) in [6, 6.07) is 21.4. The first-order chi connectivity index (χ1) is 18.4. The van der Waals surface area contributed by atoms with Crippen molar-refractivity contribution in [3.05, 3.63) is 67.8 Å². The summed E-state index contributed by atoms with van der Waals surface area (Å²) in [5, 5.41) is 0. The van der Waals surface area contributed by atoms with Crippen LogP contribution in [0.25, 0.3) is 0 Å². The zero-order valence-electron chi connectivity index (χ0n) is 19.4.